The first kappa shape index (κ1) is 18.8. The third-order valence-electron chi connectivity index (χ3n) is 3.67. The van der Waals surface area contributed by atoms with Crippen LogP contribution in [0.2, 0.25) is 5.02 Å². The number of hydrogen-bond donors (Lipinski definition) is 1. The average Bonchev–Trinajstić information content (AvgIpc) is 3.17. The highest BCUT2D eigenvalue weighted by Crippen LogP contribution is 2.38. The molecule has 2 heterocycles. The van der Waals surface area contributed by atoms with E-state index in [0.29, 0.717) is 15.3 Å². The maximum atomic E-state index is 14.0. The van der Waals surface area contributed by atoms with Crippen molar-refractivity contribution in [2.75, 3.05) is 11.9 Å². The van der Waals surface area contributed by atoms with E-state index in [0.717, 1.165) is 22.6 Å². The summed E-state index contributed by atoms with van der Waals surface area (Å²) >= 11 is 8.64. The first-order valence-corrected chi connectivity index (χ1v) is 9.95. The van der Waals surface area contributed by atoms with Crippen LogP contribution in [-0.2, 0) is 11.2 Å². The fourth-order valence-corrected chi connectivity index (χ4v) is 4.88. The van der Waals surface area contributed by atoms with Gasteiger partial charge >= 0.3 is 5.97 Å². The van der Waals surface area contributed by atoms with Crippen molar-refractivity contribution in [1.82, 2.24) is 0 Å². The Balaban J connectivity index is 1.96. The molecule has 3 aromatic rings. The fourth-order valence-electron chi connectivity index (χ4n) is 2.45. The molecule has 1 N–H and O–H groups in total. The maximum Gasteiger partial charge on any atom is 0.341 e. The van der Waals surface area contributed by atoms with E-state index in [9.17, 15) is 14.0 Å². The Morgan fingerprint density at radius 3 is 2.69 bits per heavy atom. The van der Waals surface area contributed by atoms with Gasteiger partial charge in [-0.25, -0.2) is 9.18 Å². The Kier molecular flexibility index (Phi) is 5.60. The van der Waals surface area contributed by atoms with Gasteiger partial charge in [-0.3, -0.25) is 4.79 Å². The van der Waals surface area contributed by atoms with E-state index < -0.39 is 17.7 Å². The quantitative estimate of drug-likeness (QED) is 0.544. The summed E-state index contributed by atoms with van der Waals surface area (Å²) in [6.45, 7) is 3.91. The van der Waals surface area contributed by atoms with Crippen LogP contribution in [0, 0.1) is 5.82 Å². The molecule has 0 unspecified atom stereocenters. The first-order valence-electron chi connectivity index (χ1n) is 7.93. The van der Waals surface area contributed by atoms with E-state index in [4.69, 9.17) is 16.3 Å². The number of carbonyl (C=O) groups excluding carboxylic acids is 2. The molecule has 0 aliphatic carbocycles. The lowest BCUT2D eigenvalue weighted by Crippen LogP contribution is -2.13. The van der Waals surface area contributed by atoms with Crippen LogP contribution in [0.15, 0.2) is 24.3 Å². The number of aryl methyl sites for hydroxylation is 1. The number of ether oxygens (including phenoxy) is 1. The SMILES string of the molecule is CCOC(=O)c1cc(CC)sc1NC(=O)c1sc2cccc(F)c2c1Cl. The molecule has 0 saturated carbocycles. The van der Waals surface area contributed by atoms with Crippen LogP contribution in [0.1, 0.15) is 38.8 Å². The number of nitrogens with one attached hydrogen (secondary N) is 1. The van der Waals surface area contributed by atoms with Gasteiger partial charge < -0.3 is 10.1 Å². The van der Waals surface area contributed by atoms with Gasteiger partial charge in [0.2, 0.25) is 0 Å². The molecule has 0 aliphatic heterocycles. The van der Waals surface area contributed by atoms with Crippen molar-refractivity contribution in [2.24, 2.45) is 0 Å². The normalized spacial score (nSPS) is 10.9. The number of halogens is 2. The second kappa shape index (κ2) is 7.73. The zero-order chi connectivity index (χ0) is 18.8. The van der Waals surface area contributed by atoms with Gasteiger partial charge in [0, 0.05) is 15.0 Å². The molecule has 8 heteroatoms. The Morgan fingerprint density at radius 2 is 2.04 bits per heavy atom. The van der Waals surface area contributed by atoms with Gasteiger partial charge in [-0.15, -0.1) is 22.7 Å². The number of amides is 1. The predicted molar refractivity (Wildman–Crippen MR) is 104 cm³/mol. The molecular formula is C18H15ClFNO3S2. The molecule has 0 spiro atoms. The summed E-state index contributed by atoms with van der Waals surface area (Å²) in [5.74, 6) is -1.45. The zero-order valence-corrected chi connectivity index (χ0v) is 16.4. The molecule has 0 radical (unpaired) electrons. The number of benzene rings is 1. The van der Waals surface area contributed by atoms with Crippen molar-refractivity contribution < 1.29 is 18.7 Å². The van der Waals surface area contributed by atoms with E-state index >= 15 is 0 Å². The van der Waals surface area contributed by atoms with Crippen molar-refractivity contribution in [1.29, 1.82) is 0 Å². The molecule has 2 aromatic heterocycles. The molecule has 4 nitrogen and oxygen atoms in total. The molecule has 0 fully saturated rings. The highest BCUT2D eigenvalue weighted by molar-refractivity contribution is 7.22. The maximum absolute atomic E-state index is 14.0. The molecule has 0 bridgehead atoms. The molecular weight excluding hydrogens is 397 g/mol. The standard InChI is InChI=1S/C18H15ClFNO3S2/c1-3-9-8-10(18(23)24-4-2)17(25-9)21-16(22)15-14(19)13-11(20)6-5-7-12(13)26-15/h5-8H,3-4H2,1-2H3,(H,21,22). The van der Waals surface area contributed by atoms with E-state index in [2.05, 4.69) is 5.32 Å². The molecule has 1 aromatic carbocycles. The van der Waals surface area contributed by atoms with Gasteiger partial charge in [-0.2, -0.15) is 0 Å². The number of fused-ring (bicyclic) bond motifs is 1. The summed E-state index contributed by atoms with van der Waals surface area (Å²) in [6, 6.07) is 6.28. The highest BCUT2D eigenvalue weighted by atomic mass is 35.5. The highest BCUT2D eigenvalue weighted by Gasteiger charge is 2.23. The van der Waals surface area contributed by atoms with Crippen molar-refractivity contribution >= 4 is 61.2 Å². The van der Waals surface area contributed by atoms with Gasteiger partial charge in [-0.05, 0) is 31.5 Å². The molecule has 1 amide bonds. The number of hydrogen-bond acceptors (Lipinski definition) is 5. The minimum Gasteiger partial charge on any atom is -0.462 e. The second-order valence-corrected chi connectivity index (χ2v) is 7.91. The van der Waals surface area contributed by atoms with Gasteiger partial charge in [-0.1, -0.05) is 24.6 Å². The van der Waals surface area contributed by atoms with Crippen LogP contribution in [0.25, 0.3) is 10.1 Å². The summed E-state index contributed by atoms with van der Waals surface area (Å²) in [5, 5.41) is 3.43. The largest absolute Gasteiger partial charge is 0.462 e. The molecule has 3 rings (SSSR count). The fraction of sp³-hybridized carbons (Fsp3) is 0.222. The summed E-state index contributed by atoms with van der Waals surface area (Å²) in [5.41, 5.74) is 0.311. The Hall–Kier alpha value is -1.96. The number of rotatable bonds is 5. The van der Waals surface area contributed by atoms with Crippen molar-refractivity contribution in [3.05, 3.63) is 50.4 Å². The van der Waals surface area contributed by atoms with Crippen molar-refractivity contribution in [3.63, 3.8) is 0 Å². The lowest BCUT2D eigenvalue weighted by Gasteiger charge is -2.05. The topological polar surface area (TPSA) is 55.4 Å². The van der Waals surface area contributed by atoms with E-state index in [1.54, 1.807) is 25.1 Å². The van der Waals surface area contributed by atoms with E-state index in [-0.39, 0.29) is 21.9 Å². The van der Waals surface area contributed by atoms with Crippen molar-refractivity contribution in [2.45, 2.75) is 20.3 Å². The zero-order valence-electron chi connectivity index (χ0n) is 14.0. The summed E-state index contributed by atoms with van der Waals surface area (Å²) in [7, 11) is 0. The molecule has 136 valence electrons. The third-order valence-corrected chi connectivity index (χ3v) is 6.51. The van der Waals surface area contributed by atoms with Gasteiger partial charge in [0.25, 0.3) is 5.91 Å². The monoisotopic (exact) mass is 411 g/mol. The molecule has 0 aliphatic rings. The number of anilines is 1. The Morgan fingerprint density at radius 1 is 1.27 bits per heavy atom. The molecule has 0 saturated heterocycles. The third kappa shape index (κ3) is 3.47. The van der Waals surface area contributed by atoms with Gasteiger partial charge in [0.15, 0.2) is 0 Å². The van der Waals surface area contributed by atoms with Crippen LogP contribution in [0.4, 0.5) is 9.39 Å². The van der Waals surface area contributed by atoms with Crippen LogP contribution >= 0.6 is 34.3 Å². The Labute approximate surface area is 162 Å². The summed E-state index contributed by atoms with van der Waals surface area (Å²) < 4.78 is 19.6. The van der Waals surface area contributed by atoms with Crippen LogP contribution in [0.3, 0.4) is 0 Å². The number of thiophene rings is 2. The van der Waals surface area contributed by atoms with E-state index in [1.165, 1.54) is 17.4 Å². The summed E-state index contributed by atoms with van der Waals surface area (Å²) in [6.07, 6.45) is 0.724. The predicted octanol–water partition coefficient (Wildman–Crippen LogP) is 5.75. The first-order chi connectivity index (χ1) is 12.5. The molecule has 0 atom stereocenters. The van der Waals surface area contributed by atoms with Crippen LogP contribution < -0.4 is 5.32 Å². The minimum atomic E-state index is -0.493. The van der Waals surface area contributed by atoms with Gasteiger partial charge in [0.05, 0.1) is 17.2 Å². The van der Waals surface area contributed by atoms with Crippen LogP contribution in [-0.4, -0.2) is 18.5 Å². The smallest absolute Gasteiger partial charge is 0.341 e. The Bertz CT molecular complexity index is 996. The summed E-state index contributed by atoms with van der Waals surface area (Å²) in [4.78, 5) is 26.0. The molecule has 26 heavy (non-hydrogen) atoms. The van der Waals surface area contributed by atoms with Crippen LogP contribution in [0.5, 0.6) is 0 Å². The van der Waals surface area contributed by atoms with Crippen molar-refractivity contribution in [3.8, 4) is 0 Å². The lowest BCUT2D eigenvalue weighted by molar-refractivity contribution is 0.0528. The van der Waals surface area contributed by atoms with E-state index in [1.807, 2.05) is 6.92 Å². The number of carbonyl (C=O) groups is 2. The number of esters is 1. The second-order valence-electron chi connectivity index (χ2n) is 5.34. The lowest BCUT2D eigenvalue weighted by atomic mass is 10.2. The average molecular weight is 412 g/mol. The minimum absolute atomic E-state index is 0.0746. The van der Waals surface area contributed by atoms with Gasteiger partial charge in [0.1, 0.15) is 15.7 Å².